The molecular weight excluding hydrogens is 238 g/mol. The lowest BCUT2D eigenvalue weighted by atomic mass is 9.91. The average Bonchev–Trinajstić information content (AvgIpc) is 3.01. The van der Waals surface area contributed by atoms with Gasteiger partial charge in [0.05, 0.1) is 6.61 Å². The molecule has 1 fully saturated rings. The lowest BCUT2D eigenvalue weighted by Crippen LogP contribution is -2.22. The van der Waals surface area contributed by atoms with E-state index in [0.717, 1.165) is 19.3 Å². The van der Waals surface area contributed by atoms with Crippen LogP contribution in [0.3, 0.4) is 0 Å². The van der Waals surface area contributed by atoms with Gasteiger partial charge in [0.25, 0.3) is 5.09 Å². The van der Waals surface area contributed by atoms with Gasteiger partial charge in [-0.2, -0.15) is 0 Å². The molecule has 0 aliphatic heterocycles. The normalized spacial score (nSPS) is 17.1. The van der Waals surface area contributed by atoms with Crippen LogP contribution < -0.4 is 0 Å². The van der Waals surface area contributed by atoms with Crippen molar-refractivity contribution in [3.63, 3.8) is 0 Å². The minimum absolute atomic E-state index is 0.0204. The van der Waals surface area contributed by atoms with E-state index in [4.69, 9.17) is 4.74 Å². The Kier molecular flexibility index (Phi) is 4.53. The van der Waals surface area contributed by atoms with Gasteiger partial charge in [0.2, 0.25) is 0 Å². The Bertz CT molecular complexity index is 317. The molecule has 0 heterocycles. The van der Waals surface area contributed by atoms with E-state index in [0.29, 0.717) is 6.42 Å². The Morgan fingerprint density at radius 1 is 1.33 bits per heavy atom. The molecule has 0 bridgehead atoms. The lowest BCUT2D eigenvalue weighted by molar-refractivity contribution is -0.760. The van der Waals surface area contributed by atoms with Crippen LogP contribution in [0.2, 0.25) is 0 Å². The first kappa shape index (κ1) is 14.7. The van der Waals surface area contributed by atoms with Crippen LogP contribution in [0.15, 0.2) is 0 Å². The molecule has 1 saturated carbocycles. The molecule has 0 atom stereocenters. The van der Waals surface area contributed by atoms with Gasteiger partial charge in [-0.25, -0.2) is 0 Å². The molecule has 0 saturated heterocycles. The van der Waals surface area contributed by atoms with Crippen LogP contribution in [0.4, 0.5) is 0 Å². The molecule has 0 unspecified atom stereocenters. The van der Waals surface area contributed by atoms with Gasteiger partial charge in [0.15, 0.2) is 0 Å². The Balaban J connectivity index is 2.20. The van der Waals surface area contributed by atoms with Crippen molar-refractivity contribution in [2.45, 2.75) is 46.5 Å². The topological polar surface area (TPSA) is 78.7 Å². The van der Waals surface area contributed by atoms with Gasteiger partial charge in [0.1, 0.15) is 6.61 Å². The van der Waals surface area contributed by atoms with Gasteiger partial charge >= 0.3 is 5.97 Å². The largest absolute Gasteiger partial charge is 0.465 e. The van der Waals surface area contributed by atoms with Gasteiger partial charge in [-0.1, -0.05) is 20.8 Å². The third-order valence-corrected chi connectivity index (χ3v) is 3.05. The molecule has 0 aromatic heterocycles. The number of carbonyl (C=O) groups is 1. The van der Waals surface area contributed by atoms with E-state index in [9.17, 15) is 14.9 Å². The summed E-state index contributed by atoms with van der Waals surface area (Å²) in [6.45, 7) is 6.44. The minimum Gasteiger partial charge on any atom is -0.465 e. The van der Waals surface area contributed by atoms with Crippen molar-refractivity contribution in [1.29, 1.82) is 0 Å². The maximum absolute atomic E-state index is 11.5. The monoisotopic (exact) mass is 259 g/mol. The first-order valence-corrected chi connectivity index (χ1v) is 6.15. The van der Waals surface area contributed by atoms with E-state index >= 15 is 0 Å². The van der Waals surface area contributed by atoms with Crippen LogP contribution in [0.5, 0.6) is 0 Å². The fourth-order valence-electron chi connectivity index (χ4n) is 1.48. The number of hydrogen-bond donors (Lipinski definition) is 0. The summed E-state index contributed by atoms with van der Waals surface area (Å²) in [5, 5.41) is 9.30. The van der Waals surface area contributed by atoms with E-state index in [1.165, 1.54) is 0 Å². The zero-order chi connectivity index (χ0) is 13.8. The number of esters is 1. The number of nitrogens with zero attached hydrogens (tertiary/aromatic N) is 1. The zero-order valence-electron chi connectivity index (χ0n) is 11.2. The molecule has 6 nitrogen and oxygen atoms in total. The molecular formula is C12H21NO5. The van der Waals surface area contributed by atoms with Gasteiger partial charge < -0.3 is 9.57 Å². The fraction of sp³-hybridized carbons (Fsp3) is 0.917. The quantitative estimate of drug-likeness (QED) is 0.398. The molecule has 0 radical (unpaired) electrons. The highest BCUT2D eigenvalue weighted by Crippen LogP contribution is 2.46. The fourth-order valence-corrected chi connectivity index (χ4v) is 1.48. The Hall–Kier alpha value is -1.33. The van der Waals surface area contributed by atoms with E-state index < -0.39 is 5.09 Å². The van der Waals surface area contributed by atoms with E-state index in [-0.39, 0.29) is 30.0 Å². The van der Waals surface area contributed by atoms with E-state index in [2.05, 4.69) is 25.6 Å². The first-order chi connectivity index (χ1) is 8.22. The first-order valence-electron chi connectivity index (χ1n) is 6.15. The summed E-state index contributed by atoms with van der Waals surface area (Å²) in [5.74, 6) is -0.239. The predicted molar refractivity (Wildman–Crippen MR) is 64.3 cm³/mol. The third-order valence-electron chi connectivity index (χ3n) is 3.05. The van der Waals surface area contributed by atoms with Crippen LogP contribution in [0.25, 0.3) is 0 Å². The lowest BCUT2D eigenvalue weighted by Gasteiger charge is -2.18. The summed E-state index contributed by atoms with van der Waals surface area (Å²) >= 11 is 0. The molecule has 1 aliphatic carbocycles. The van der Waals surface area contributed by atoms with Crippen LogP contribution in [0.1, 0.15) is 46.5 Å². The number of rotatable bonds is 7. The molecule has 0 amide bonds. The molecule has 1 aliphatic rings. The highest BCUT2D eigenvalue weighted by Gasteiger charge is 2.45. The van der Waals surface area contributed by atoms with Crippen molar-refractivity contribution < 1.29 is 19.5 Å². The van der Waals surface area contributed by atoms with Gasteiger partial charge in [-0.05, 0) is 24.7 Å². The van der Waals surface area contributed by atoms with Gasteiger partial charge in [-0.3, -0.25) is 4.79 Å². The van der Waals surface area contributed by atoms with Crippen LogP contribution in [-0.4, -0.2) is 24.3 Å². The van der Waals surface area contributed by atoms with Crippen molar-refractivity contribution in [2.75, 3.05) is 13.2 Å². The summed E-state index contributed by atoms with van der Waals surface area (Å²) in [6, 6.07) is 0. The van der Waals surface area contributed by atoms with Crippen molar-refractivity contribution in [3.8, 4) is 0 Å². The minimum atomic E-state index is -0.804. The maximum atomic E-state index is 11.5. The average molecular weight is 259 g/mol. The van der Waals surface area contributed by atoms with Crippen LogP contribution in [-0.2, 0) is 14.4 Å². The molecule has 0 aromatic rings. The van der Waals surface area contributed by atoms with Crippen LogP contribution >= 0.6 is 0 Å². The number of ether oxygens (including phenoxy) is 1. The van der Waals surface area contributed by atoms with E-state index in [1.807, 2.05) is 0 Å². The highest BCUT2D eigenvalue weighted by molar-refractivity contribution is 5.69. The van der Waals surface area contributed by atoms with E-state index in [1.54, 1.807) is 0 Å². The van der Waals surface area contributed by atoms with Crippen molar-refractivity contribution >= 4 is 5.97 Å². The summed E-state index contributed by atoms with van der Waals surface area (Å²) in [7, 11) is 0. The zero-order valence-corrected chi connectivity index (χ0v) is 11.2. The van der Waals surface area contributed by atoms with Crippen molar-refractivity contribution in [2.24, 2.45) is 10.8 Å². The van der Waals surface area contributed by atoms with Crippen molar-refractivity contribution in [1.82, 2.24) is 0 Å². The van der Waals surface area contributed by atoms with Crippen molar-refractivity contribution in [3.05, 3.63) is 10.1 Å². The maximum Gasteiger partial charge on any atom is 0.305 e. The van der Waals surface area contributed by atoms with Gasteiger partial charge in [0, 0.05) is 11.8 Å². The molecule has 0 aromatic carbocycles. The third kappa shape index (κ3) is 5.84. The summed E-state index contributed by atoms with van der Waals surface area (Å²) in [5.41, 5.74) is -0.213. The molecule has 104 valence electrons. The summed E-state index contributed by atoms with van der Waals surface area (Å²) < 4.78 is 5.16. The predicted octanol–water partition coefficient (Wildman–Crippen LogP) is 2.34. The second-order valence-electron chi connectivity index (χ2n) is 6.22. The summed E-state index contributed by atoms with van der Waals surface area (Å²) in [6.07, 6.45) is 2.78. The molecule has 6 heteroatoms. The SMILES string of the molecule is CC(C)(C)CCC(=O)OCC1(CO[N+](=O)[O-])CC1. The Morgan fingerprint density at radius 2 is 1.94 bits per heavy atom. The van der Waals surface area contributed by atoms with Gasteiger partial charge in [-0.15, -0.1) is 10.1 Å². The smallest absolute Gasteiger partial charge is 0.305 e. The number of hydrogen-bond acceptors (Lipinski definition) is 5. The summed E-state index contributed by atoms with van der Waals surface area (Å²) in [4.78, 5) is 26.0. The number of carbonyl (C=O) groups excluding carboxylic acids is 1. The molecule has 0 N–H and O–H groups in total. The molecule has 0 spiro atoms. The van der Waals surface area contributed by atoms with Crippen LogP contribution in [0, 0.1) is 20.9 Å². The molecule has 1 rings (SSSR count). The second-order valence-corrected chi connectivity index (χ2v) is 6.22. The standard InChI is InChI=1S/C12H21NO5/c1-11(2,3)5-4-10(14)17-8-12(6-7-12)9-18-13(15)16/h4-9H2,1-3H3. The Labute approximate surface area is 107 Å². The second kappa shape index (κ2) is 5.54. The highest BCUT2D eigenvalue weighted by atomic mass is 16.9. The Morgan fingerprint density at radius 3 is 2.39 bits per heavy atom. The molecule has 18 heavy (non-hydrogen) atoms.